The second kappa shape index (κ2) is 2.71. The molecular weight excluding hydrogens is 220 g/mol. The molecule has 0 saturated carbocycles. The molecule has 1 aromatic carbocycles. The predicted octanol–water partition coefficient (Wildman–Crippen LogP) is 2.14. The van der Waals surface area contributed by atoms with Crippen molar-refractivity contribution in [3.8, 4) is 0 Å². The lowest BCUT2D eigenvalue weighted by molar-refractivity contribution is 0.112. The van der Waals surface area contributed by atoms with Crippen LogP contribution < -0.4 is 0 Å². The van der Waals surface area contributed by atoms with Crippen LogP contribution in [0.1, 0.15) is 10.4 Å². The minimum absolute atomic E-state index is 0.598. The van der Waals surface area contributed by atoms with E-state index in [1.165, 1.54) is 0 Å². The van der Waals surface area contributed by atoms with Gasteiger partial charge in [0.15, 0.2) is 6.29 Å². The maximum absolute atomic E-state index is 10.6. The van der Waals surface area contributed by atoms with Gasteiger partial charge in [-0.15, -0.1) is 0 Å². The second-order valence-electron chi connectivity index (χ2n) is 2.41. The van der Waals surface area contributed by atoms with Gasteiger partial charge >= 0.3 is 0 Å². The molecule has 2 rings (SSSR count). The van der Waals surface area contributed by atoms with Crippen LogP contribution in [0.2, 0.25) is 0 Å². The number of aldehydes is 1. The van der Waals surface area contributed by atoms with E-state index >= 15 is 0 Å². The first-order valence-corrected chi connectivity index (χ1v) is 4.18. The Hall–Kier alpha value is -1.16. The highest BCUT2D eigenvalue weighted by atomic mass is 79.9. The quantitative estimate of drug-likeness (QED) is 0.755. The number of benzene rings is 1. The Labute approximate surface area is 76.9 Å². The van der Waals surface area contributed by atoms with Gasteiger partial charge in [0.25, 0.3) is 0 Å². The number of aromatic nitrogens is 2. The van der Waals surface area contributed by atoms with Gasteiger partial charge in [-0.25, -0.2) is 4.98 Å². The second-order valence-corrected chi connectivity index (χ2v) is 3.33. The summed E-state index contributed by atoms with van der Waals surface area (Å²) in [6.07, 6.45) is 2.37. The Morgan fingerprint density at radius 1 is 1.50 bits per heavy atom. The predicted molar refractivity (Wildman–Crippen MR) is 49.2 cm³/mol. The van der Waals surface area contributed by atoms with Crippen molar-refractivity contribution in [3.63, 3.8) is 0 Å². The van der Waals surface area contributed by atoms with Crippen molar-refractivity contribution in [1.82, 2.24) is 9.97 Å². The lowest BCUT2D eigenvalue weighted by Crippen LogP contribution is -1.82. The van der Waals surface area contributed by atoms with Gasteiger partial charge in [0.05, 0.1) is 17.4 Å². The minimum atomic E-state index is 0.598. The zero-order valence-corrected chi connectivity index (χ0v) is 7.63. The van der Waals surface area contributed by atoms with Gasteiger partial charge in [0, 0.05) is 10.0 Å². The minimum Gasteiger partial charge on any atom is -0.345 e. The zero-order chi connectivity index (χ0) is 8.55. The number of aromatic amines is 1. The number of H-pyrrole nitrogens is 1. The van der Waals surface area contributed by atoms with E-state index in [2.05, 4.69) is 25.9 Å². The first-order chi connectivity index (χ1) is 5.81. The summed E-state index contributed by atoms with van der Waals surface area (Å²) < 4.78 is 0.876. The number of rotatable bonds is 1. The van der Waals surface area contributed by atoms with Gasteiger partial charge < -0.3 is 4.98 Å². The van der Waals surface area contributed by atoms with E-state index in [0.29, 0.717) is 11.1 Å². The summed E-state index contributed by atoms with van der Waals surface area (Å²) in [5.74, 6) is 0. The van der Waals surface area contributed by atoms with Crippen LogP contribution in [0.15, 0.2) is 22.9 Å². The Kier molecular flexibility index (Phi) is 1.69. The van der Waals surface area contributed by atoms with Crippen LogP contribution in [0.3, 0.4) is 0 Å². The molecule has 3 nitrogen and oxygen atoms in total. The highest BCUT2D eigenvalue weighted by molar-refractivity contribution is 9.10. The van der Waals surface area contributed by atoms with Crippen molar-refractivity contribution in [1.29, 1.82) is 0 Å². The number of imidazole rings is 1. The standard InChI is InChI=1S/C8H5BrN2O/c9-6-1-5(3-12)8-7(2-6)10-4-11-8/h1-4H,(H,10,11). The molecule has 0 aliphatic carbocycles. The third-order valence-corrected chi connectivity index (χ3v) is 2.10. The van der Waals surface area contributed by atoms with Gasteiger partial charge in [-0.05, 0) is 12.1 Å². The highest BCUT2D eigenvalue weighted by Crippen LogP contribution is 2.19. The number of hydrogen-bond acceptors (Lipinski definition) is 2. The summed E-state index contributed by atoms with van der Waals surface area (Å²) in [5.41, 5.74) is 2.18. The molecule has 4 heteroatoms. The van der Waals surface area contributed by atoms with Crippen LogP contribution in [0.25, 0.3) is 11.0 Å². The molecule has 0 atom stereocenters. The van der Waals surface area contributed by atoms with Crippen molar-refractivity contribution in [3.05, 3.63) is 28.5 Å². The molecule has 0 aliphatic heterocycles. The van der Waals surface area contributed by atoms with E-state index in [-0.39, 0.29) is 0 Å². The van der Waals surface area contributed by atoms with Crippen molar-refractivity contribution in [2.45, 2.75) is 0 Å². The largest absolute Gasteiger partial charge is 0.345 e. The normalized spacial score (nSPS) is 10.4. The fraction of sp³-hybridized carbons (Fsp3) is 0. The third-order valence-electron chi connectivity index (χ3n) is 1.64. The van der Waals surface area contributed by atoms with E-state index in [0.717, 1.165) is 16.3 Å². The number of carbonyl (C=O) groups is 1. The number of fused-ring (bicyclic) bond motifs is 1. The molecule has 0 unspecified atom stereocenters. The number of nitrogens with zero attached hydrogens (tertiary/aromatic N) is 1. The molecule has 1 heterocycles. The van der Waals surface area contributed by atoms with E-state index in [1.807, 2.05) is 6.07 Å². The molecule has 0 spiro atoms. The van der Waals surface area contributed by atoms with E-state index in [1.54, 1.807) is 12.4 Å². The summed E-state index contributed by atoms with van der Waals surface area (Å²) >= 11 is 3.30. The van der Waals surface area contributed by atoms with Gasteiger partial charge in [-0.2, -0.15) is 0 Å². The lowest BCUT2D eigenvalue weighted by atomic mass is 10.2. The molecular formula is C8H5BrN2O. The Morgan fingerprint density at radius 2 is 2.33 bits per heavy atom. The molecule has 1 N–H and O–H groups in total. The average Bonchev–Trinajstić information content (AvgIpc) is 2.50. The average molecular weight is 225 g/mol. The summed E-state index contributed by atoms with van der Waals surface area (Å²) in [4.78, 5) is 17.6. The third kappa shape index (κ3) is 1.04. The summed E-state index contributed by atoms with van der Waals surface area (Å²) in [6, 6.07) is 3.63. The van der Waals surface area contributed by atoms with Crippen molar-refractivity contribution >= 4 is 33.2 Å². The smallest absolute Gasteiger partial charge is 0.152 e. The highest BCUT2D eigenvalue weighted by Gasteiger charge is 2.03. The van der Waals surface area contributed by atoms with Crippen LogP contribution in [0.4, 0.5) is 0 Å². The molecule has 0 fully saturated rings. The van der Waals surface area contributed by atoms with Crippen LogP contribution in [-0.4, -0.2) is 16.3 Å². The summed E-state index contributed by atoms with van der Waals surface area (Å²) in [6.45, 7) is 0. The Morgan fingerprint density at radius 3 is 3.08 bits per heavy atom. The molecule has 0 radical (unpaired) electrons. The van der Waals surface area contributed by atoms with Gasteiger partial charge in [-0.1, -0.05) is 15.9 Å². The van der Waals surface area contributed by atoms with Gasteiger partial charge in [-0.3, -0.25) is 4.79 Å². The number of hydrogen-bond donors (Lipinski definition) is 1. The molecule has 2 aromatic rings. The van der Waals surface area contributed by atoms with Crippen molar-refractivity contribution in [2.75, 3.05) is 0 Å². The maximum Gasteiger partial charge on any atom is 0.152 e. The topological polar surface area (TPSA) is 45.8 Å². The van der Waals surface area contributed by atoms with Crippen LogP contribution in [0.5, 0.6) is 0 Å². The fourth-order valence-corrected chi connectivity index (χ4v) is 1.61. The molecule has 12 heavy (non-hydrogen) atoms. The maximum atomic E-state index is 10.6. The Balaban J connectivity index is 2.88. The van der Waals surface area contributed by atoms with Gasteiger partial charge in [0.2, 0.25) is 0 Å². The summed E-state index contributed by atoms with van der Waals surface area (Å²) in [7, 11) is 0. The molecule has 1 aromatic heterocycles. The Bertz CT molecular complexity index is 436. The number of halogens is 1. The van der Waals surface area contributed by atoms with Crippen molar-refractivity contribution < 1.29 is 4.79 Å². The molecule has 0 bridgehead atoms. The lowest BCUT2D eigenvalue weighted by Gasteiger charge is -1.94. The van der Waals surface area contributed by atoms with Crippen molar-refractivity contribution in [2.24, 2.45) is 0 Å². The van der Waals surface area contributed by atoms with E-state index in [9.17, 15) is 4.79 Å². The molecule has 0 amide bonds. The molecule has 0 aliphatic rings. The fourth-order valence-electron chi connectivity index (χ4n) is 1.13. The van der Waals surface area contributed by atoms with E-state index in [4.69, 9.17) is 0 Å². The molecule has 60 valence electrons. The van der Waals surface area contributed by atoms with Crippen LogP contribution >= 0.6 is 15.9 Å². The van der Waals surface area contributed by atoms with Gasteiger partial charge in [0.1, 0.15) is 0 Å². The SMILES string of the molecule is O=Cc1cc(Br)cc2[nH]cnc12. The number of carbonyl (C=O) groups excluding carboxylic acids is 1. The monoisotopic (exact) mass is 224 g/mol. The summed E-state index contributed by atoms with van der Waals surface area (Å²) in [5, 5.41) is 0. The first-order valence-electron chi connectivity index (χ1n) is 3.39. The van der Waals surface area contributed by atoms with E-state index < -0.39 is 0 Å². The zero-order valence-electron chi connectivity index (χ0n) is 6.04. The molecule has 0 saturated heterocycles. The van der Waals surface area contributed by atoms with Crippen LogP contribution in [0, 0.1) is 0 Å². The number of nitrogens with one attached hydrogen (secondary N) is 1. The van der Waals surface area contributed by atoms with Crippen LogP contribution in [-0.2, 0) is 0 Å². The first kappa shape index (κ1) is 7.49.